The molecule has 1 fully saturated rings. The number of carbonyl (C=O) groups excluding carboxylic acids is 1. The quantitative estimate of drug-likeness (QED) is 0.755. The highest BCUT2D eigenvalue weighted by Gasteiger charge is 2.20. The van der Waals surface area contributed by atoms with E-state index in [4.69, 9.17) is 0 Å². The normalized spacial score (nSPS) is 15.3. The highest BCUT2D eigenvalue weighted by atomic mass is 16.2. The number of rotatable bonds is 4. The molecule has 1 saturated heterocycles. The molecular weight excluding hydrogens is 342 g/mol. The Labute approximate surface area is 157 Å². The Morgan fingerprint density at radius 2 is 1.93 bits per heavy atom. The fourth-order valence-corrected chi connectivity index (χ4v) is 3.32. The number of amides is 1. The molecule has 8 heteroatoms. The Balaban J connectivity index is 1.33. The predicted octanol–water partition coefficient (Wildman–Crippen LogP) is 1.50. The van der Waals surface area contributed by atoms with Crippen LogP contribution in [0.1, 0.15) is 11.3 Å². The summed E-state index contributed by atoms with van der Waals surface area (Å²) in [6.45, 7) is 7.86. The van der Waals surface area contributed by atoms with Crippen molar-refractivity contribution in [3.8, 4) is 0 Å². The lowest BCUT2D eigenvalue weighted by atomic mass is 10.2. The summed E-state index contributed by atoms with van der Waals surface area (Å²) in [5.41, 5.74) is 3.37. The second kappa shape index (κ2) is 7.32. The summed E-state index contributed by atoms with van der Waals surface area (Å²) in [6.07, 6.45) is 1.81. The van der Waals surface area contributed by atoms with Crippen LogP contribution in [0.15, 0.2) is 36.5 Å². The Hall–Kier alpha value is -3.00. The smallest absolute Gasteiger partial charge is 0.256 e. The number of anilines is 2. The van der Waals surface area contributed by atoms with E-state index in [0.717, 1.165) is 31.9 Å². The van der Waals surface area contributed by atoms with Gasteiger partial charge in [0.15, 0.2) is 0 Å². The molecule has 8 nitrogen and oxygen atoms in total. The molecule has 3 aromatic rings. The topological polar surface area (TPSA) is 78.7 Å². The Morgan fingerprint density at radius 1 is 1.11 bits per heavy atom. The number of aromatic nitrogens is 4. The minimum absolute atomic E-state index is 0.0890. The number of piperazine rings is 1. The van der Waals surface area contributed by atoms with Gasteiger partial charge >= 0.3 is 0 Å². The van der Waals surface area contributed by atoms with Gasteiger partial charge in [0.25, 0.3) is 5.78 Å². The Bertz CT molecular complexity index is 960. The molecule has 0 saturated carbocycles. The summed E-state index contributed by atoms with van der Waals surface area (Å²) in [4.78, 5) is 21.2. The first-order valence-electron chi connectivity index (χ1n) is 9.11. The number of benzene rings is 1. The van der Waals surface area contributed by atoms with Crippen LogP contribution in [0.5, 0.6) is 0 Å². The number of carbonyl (C=O) groups is 1. The summed E-state index contributed by atoms with van der Waals surface area (Å²) < 4.78 is 1.68. The largest absolute Gasteiger partial charge is 0.369 e. The van der Waals surface area contributed by atoms with Crippen LogP contribution in [-0.2, 0) is 4.79 Å². The molecule has 4 rings (SSSR count). The summed E-state index contributed by atoms with van der Waals surface area (Å²) in [7, 11) is 0. The third-order valence-electron chi connectivity index (χ3n) is 4.78. The molecule has 0 aliphatic carbocycles. The van der Waals surface area contributed by atoms with E-state index in [1.807, 2.05) is 19.2 Å². The highest BCUT2D eigenvalue weighted by Crippen LogP contribution is 2.17. The Morgan fingerprint density at radius 3 is 2.70 bits per heavy atom. The molecule has 0 bridgehead atoms. The van der Waals surface area contributed by atoms with Crippen LogP contribution in [0.25, 0.3) is 5.78 Å². The SMILES string of the molecule is Cc1cccc(N2CCN(CC(=O)Nc3nnc4nc(C)ccn34)CC2)c1. The number of fused-ring (bicyclic) bond motifs is 1. The standard InChI is InChI=1S/C19H23N7O/c1-14-4-3-5-16(12-14)25-10-8-24(9-11-25)13-17(27)21-19-23-22-18-20-15(2)6-7-26(18)19/h3-7,12H,8-11,13H2,1-2H3,(H,21,23,27). The number of nitrogens with one attached hydrogen (secondary N) is 1. The number of hydrogen-bond donors (Lipinski definition) is 1. The van der Waals surface area contributed by atoms with Crippen molar-refractivity contribution >= 4 is 23.3 Å². The van der Waals surface area contributed by atoms with Crippen LogP contribution in [0, 0.1) is 13.8 Å². The van der Waals surface area contributed by atoms with E-state index in [2.05, 4.69) is 61.5 Å². The molecule has 0 unspecified atom stereocenters. The van der Waals surface area contributed by atoms with Crippen molar-refractivity contribution in [1.29, 1.82) is 0 Å². The average Bonchev–Trinajstić information content (AvgIpc) is 3.04. The molecule has 3 heterocycles. The van der Waals surface area contributed by atoms with Crippen molar-refractivity contribution in [3.05, 3.63) is 47.8 Å². The van der Waals surface area contributed by atoms with Gasteiger partial charge in [-0.25, -0.2) is 4.98 Å². The summed E-state index contributed by atoms with van der Waals surface area (Å²) in [6, 6.07) is 10.4. The van der Waals surface area contributed by atoms with Crippen LogP contribution in [0.4, 0.5) is 11.6 Å². The van der Waals surface area contributed by atoms with Crippen LogP contribution >= 0.6 is 0 Å². The van der Waals surface area contributed by atoms with Crippen molar-refractivity contribution in [3.63, 3.8) is 0 Å². The van der Waals surface area contributed by atoms with Crippen molar-refractivity contribution < 1.29 is 4.79 Å². The van der Waals surface area contributed by atoms with Gasteiger partial charge in [0, 0.05) is 43.8 Å². The van der Waals surface area contributed by atoms with Gasteiger partial charge in [-0.1, -0.05) is 12.1 Å². The lowest BCUT2D eigenvalue weighted by molar-refractivity contribution is -0.117. The van der Waals surface area contributed by atoms with Gasteiger partial charge in [-0.3, -0.25) is 19.4 Å². The van der Waals surface area contributed by atoms with Crippen LogP contribution < -0.4 is 10.2 Å². The molecule has 140 valence electrons. The van der Waals surface area contributed by atoms with Crippen LogP contribution in [0.2, 0.25) is 0 Å². The molecule has 0 radical (unpaired) electrons. The van der Waals surface area contributed by atoms with Gasteiger partial charge in [-0.15, -0.1) is 10.2 Å². The van der Waals surface area contributed by atoms with Gasteiger partial charge < -0.3 is 4.90 Å². The fourth-order valence-electron chi connectivity index (χ4n) is 3.32. The zero-order valence-corrected chi connectivity index (χ0v) is 15.6. The molecule has 27 heavy (non-hydrogen) atoms. The number of hydrogen-bond acceptors (Lipinski definition) is 6. The van der Waals surface area contributed by atoms with E-state index in [1.165, 1.54) is 11.3 Å². The maximum absolute atomic E-state index is 12.4. The van der Waals surface area contributed by atoms with Gasteiger partial charge in [-0.2, -0.15) is 0 Å². The minimum atomic E-state index is -0.0890. The average molecular weight is 365 g/mol. The van der Waals surface area contributed by atoms with Crippen LogP contribution in [0.3, 0.4) is 0 Å². The van der Waals surface area contributed by atoms with Crippen molar-refractivity contribution in [2.45, 2.75) is 13.8 Å². The first-order chi connectivity index (χ1) is 13.1. The molecule has 0 atom stereocenters. The van der Waals surface area contributed by atoms with E-state index in [0.29, 0.717) is 18.3 Å². The van der Waals surface area contributed by atoms with Crippen molar-refractivity contribution in [2.24, 2.45) is 0 Å². The molecule has 2 aromatic heterocycles. The predicted molar refractivity (Wildman–Crippen MR) is 104 cm³/mol. The van der Waals surface area contributed by atoms with E-state index < -0.39 is 0 Å². The third kappa shape index (κ3) is 3.90. The number of nitrogens with zero attached hydrogens (tertiary/aromatic N) is 6. The van der Waals surface area contributed by atoms with Gasteiger partial charge in [-0.05, 0) is 37.6 Å². The van der Waals surface area contributed by atoms with Crippen molar-refractivity contribution in [1.82, 2.24) is 24.5 Å². The summed E-state index contributed by atoms with van der Waals surface area (Å²) in [5, 5.41) is 10.9. The van der Waals surface area contributed by atoms with Crippen LogP contribution in [-0.4, -0.2) is 63.1 Å². The summed E-state index contributed by atoms with van der Waals surface area (Å²) in [5.74, 6) is 0.798. The number of aryl methyl sites for hydroxylation is 2. The van der Waals surface area contributed by atoms with Crippen molar-refractivity contribution in [2.75, 3.05) is 42.9 Å². The van der Waals surface area contributed by atoms with Gasteiger partial charge in [0.1, 0.15) is 0 Å². The molecule has 1 aliphatic heterocycles. The van der Waals surface area contributed by atoms with E-state index >= 15 is 0 Å². The maximum Gasteiger partial charge on any atom is 0.256 e. The molecule has 1 aliphatic rings. The minimum Gasteiger partial charge on any atom is -0.369 e. The van der Waals surface area contributed by atoms with Gasteiger partial charge in [0.05, 0.1) is 6.54 Å². The van der Waals surface area contributed by atoms with Gasteiger partial charge in [0.2, 0.25) is 11.9 Å². The molecule has 1 aromatic carbocycles. The second-order valence-corrected chi connectivity index (χ2v) is 6.91. The fraction of sp³-hybridized carbons (Fsp3) is 0.368. The maximum atomic E-state index is 12.4. The first kappa shape index (κ1) is 17.4. The molecule has 1 N–H and O–H groups in total. The lowest BCUT2D eigenvalue weighted by Crippen LogP contribution is -2.48. The summed E-state index contributed by atoms with van der Waals surface area (Å²) >= 11 is 0. The third-order valence-corrected chi connectivity index (χ3v) is 4.78. The van der Waals surface area contributed by atoms with E-state index in [1.54, 1.807) is 4.40 Å². The van der Waals surface area contributed by atoms with E-state index in [9.17, 15) is 4.79 Å². The highest BCUT2D eigenvalue weighted by molar-refractivity contribution is 5.90. The molecule has 0 spiro atoms. The Kier molecular flexibility index (Phi) is 4.72. The second-order valence-electron chi connectivity index (χ2n) is 6.91. The first-order valence-corrected chi connectivity index (χ1v) is 9.11. The zero-order valence-electron chi connectivity index (χ0n) is 15.6. The molecular formula is C19H23N7O. The van der Waals surface area contributed by atoms with E-state index in [-0.39, 0.29) is 5.91 Å². The lowest BCUT2D eigenvalue weighted by Gasteiger charge is -2.35. The monoisotopic (exact) mass is 365 g/mol. The zero-order chi connectivity index (χ0) is 18.8. The molecule has 1 amide bonds.